The molecular formula is C18H21N5O2S. The second kappa shape index (κ2) is 7.40. The average Bonchev–Trinajstić information content (AvgIpc) is 2.63. The molecule has 26 heavy (non-hydrogen) atoms. The minimum Gasteiger partial charge on any atom is -0.338 e. The number of anilines is 1. The van der Waals surface area contributed by atoms with Crippen molar-refractivity contribution in [2.45, 2.75) is 19.6 Å². The van der Waals surface area contributed by atoms with Crippen LogP contribution in [0, 0.1) is 25.2 Å². The number of benzene rings is 1. The van der Waals surface area contributed by atoms with E-state index in [0.717, 1.165) is 16.8 Å². The molecule has 0 atom stereocenters. The Bertz CT molecular complexity index is 927. The van der Waals surface area contributed by atoms with Crippen LogP contribution in [0.4, 0.5) is 5.95 Å². The van der Waals surface area contributed by atoms with Gasteiger partial charge in [-0.05, 0) is 25.5 Å². The highest BCUT2D eigenvalue weighted by atomic mass is 32.2. The van der Waals surface area contributed by atoms with Crippen molar-refractivity contribution in [3.8, 4) is 6.07 Å². The zero-order valence-electron chi connectivity index (χ0n) is 14.9. The van der Waals surface area contributed by atoms with E-state index < -0.39 is 10.0 Å². The van der Waals surface area contributed by atoms with Gasteiger partial charge in [-0.15, -0.1) is 0 Å². The van der Waals surface area contributed by atoms with E-state index in [1.54, 1.807) is 6.07 Å². The minimum absolute atomic E-state index is 0.00675. The molecule has 0 radical (unpaired) electrons. The monoisotopic (exact) mass is 371 g/mol. The predicted octanol–water partition coefficient (Wildman–Crippen LogP) is 1.62. The van der Waals surface area contributed by atoms with Crippen molar-refractivity contribution in [3.63, 3.8) is 0 Å². The summed E-state index contributed by atoms with van der Waals surface area (Å²) in [5, 5.41) is 9.04. The van der Waals surface area contributed by atoms with Gasteiger partial charge in [0.15, 0.2) is 0 Å². The number of piperazine rings is 1. The lowest BCUT2D eigenvalue weighted by Gasteiger charge is -2.34. The summed E-state index contributed by atoms with van der Waals surface area (Å²) in [5.74, 6) is 0.490. The summed E-state index contributed by atoms with van der Waals surface area (Å²) in [6.45, 7) is 5.56. The van der Waals surface area contributed by atoms with E-state index in [4.69, 9.17) is 5.26 Å². The van der Waals surface area contributed by atoms with Crippen LogP contribution in [0.2, 0.25) is 0 Å². The summed E-state index contributed by atoms with van der Waals surface area (Å²) in [4.78, 5) is 10.5. The van der Waals surface area contributed by atoms with Crippen LogP contribution in [-0.4, -0.2) is 48.9 Å². The Morgan fingerprint density at radius 2 is 1.73 bits per heavy atom. The van der Waals surface area contributed by atoms with Crippen LogP contribution in [0.15, 0.2) is 30.3 Å². The lowest BCUT2D eigenvalue weighted by atomic mass is 10.2. The van der Waals surface area contributed by atoms with Gasteiger partial charge in [0, 0.05) is 31.9 Å². The predicted molar refractivity (Wildman–Crippen MR) is 99.1 cm³/mol. The average molecular weight is 371 g/mol. The van der Waals surface area contributed by atoms with Crippen molar-refractivity contribution in [2.24, 2.45) is 0 Å². The third kappa shape index (κ3) is 4.18. The molecule has 0 unspecified atom stereocenters. The molecule has 1 aromatic carbocycles. The fourth-order valence-electron chi connectivity index (χ4n) is 2.90. The van der Waals surface area contributed by atoms with E-state index in [1.165, 1.54) is 4.31 Å². The normalized spacial score (nSPS) is 15.7. The van der Waals surface area contributed by atoms with Gasteiger partial charge in [0.2, 0.25) is 16.0 Å². The smallest absolute Gasteiger partial charge is 0.226 e. The Morgan fingerprint density at radius 3 is 2.35 bits per heavy atom. The summed E-state index contributed by atoms with van der Waals surface area (Å²) in [7, 11) is -3.36. The van der Waals surface area contributed by atoms with Gasteiger partial charge in [0.05, 0.1) is 5.75 Å². The number of hydrogen-bond acceptors (Lipinski definition) is 6. The van der Waals surface area contributed by atoms with E-state index in [2.05, 4.69) is 9.97 Å². The number of rotatable bonds is 4. The van der Waals surface area contributed by atoms with E-state index >= 15 is 0 Å². The van der Waals surface area contributed by atoms with Gasteiger partial charge in [0.25, 0.3) is 0 Å². The Hall–Kier alpha value is -2.50. The van der Waals surface area contributed by atoms with Crippen molar-refractivity contribution < 1.29 is 8.42 Å². The number of nitriles is 1. The van der Waals surface area contributed by atoms with Crippen LogP contribution >= 0.6 is 0 Å². The maximum Gasteiger partial charge on any atom is 0.226 e. The number of nitrogens with zero attached hydrogens (tertiary/aromatic N) is 5. The topological polar surface area (TPSA) is 90.2 Å². The standard InChI is InChI=1S/C18H21N5O2S/c1-14-3-5-16(6-4-14)13-26(24,25)23-9-7-22(8-10-23)18-20-15(2)11-17(12-19)21-18/h3-6,11H,7-10,13H2,1-2H3. The number of sulfonamides is 1. The molecule has 7 nitrogen and oxygen atoms in total. The molecule has 0 bridgehead atoms. The third-order valence-electron chi connectivity index (χ3n) is 4.34. The molecule has 1 saturated heterocycles. The van der Waals surface area contributed by atoms with Crippen molar-refractivity contribution in [3.05, 3.63) is 52.8 Å². The highest BCUT2D eigenvalue weighted by Gasteiger charge is 2.28. The summed E-state index contributed by atoms with van der Waals surface area (Å²) >= 11 is 0. The third-order valence-corrected chi connectivity index (χ3v) is 6.19. The van der Waals surface area contributed by atoms with Gasteiger partial charge in [-0.2, -0.15) is 9.57 Å². The van der Waals surface area contributed by atoms with Crippen LogP contribution in [0.5, 0.6) is 0 Å². The Balaban J connectivity index is 1.67. The van der Waals surface area contributed by atoms with Gasteiger partial charge in [-0.1, -0.05) is 29.8 Å². The molecule has 8 heteroatoms. The van der Waals surface area contributed by atoms with Crippen LogP contribution in [0.3, 0.4) is 0 Å². The molecule has 2 aromatic rings. The van der Waals surface area contributed by atoms with Crippen molar-refractivity contribution >= 4 is 16.0 Å². The first-order chi connectivity index (χ1) is 12.4. The Morgan fingerprint density at radius 1 is 1.08 bits per heavy atom. The molecule has 2 heterocycles. The first kappa shape index (κ1) is 18.3. The number of aryl methyl sites for hydroxylation is 2. The zero-order chi connectivity index (χ0) is 18.7. The zero-order valence-corrected chi connectivity index (χ0v) is 15.7. The Labute approximate surface area is 154 Å². The van der Waals surface area contributed by atoms with Gasteiger partial charge in [0.1, 0.15) is 11.8 Å². The van der Waals surface area contributed by atoms with Gasteiger partial charge in [-0.25, -0.2) is 18.4 Å². The van der Waals surface area contributed by atoms with E-state index in [1.807, 2.05) is 49.1 Å². The van der Waals surface area contributed by atoms with Crippen LogP contribution in [0.25, 0.3) is 0 Å². The molecule has 0 amide bonds. The SMILES string of the molecule is Cc1ccc(CS(=O)(=O)N2CCN(c3nc(C)cc(C#N)n3)CC2)cc1. The molecule has 1 aliphatic rings. The summed E-state index contributed by atoms with van der Waals surface area (Å²) in [6, 6.07) is 11.2. The highest BCUT2D eigenvalue weighted by molar-refractivity contribution is 7.88. The molecule has 1 aliphatic heterocycles. The second-order valence-electron chi connectivity index (χ2n) is 6.43. The summed E-state index contributed by atoms with van der Waals surface area (Å²) < 4.78 is 26.9. The molecule has 1 fully saturated rings. The quantitative estimate of drug-likeness (QED) is 0.811. The largest absolute Gasteiger partial charge is 0.338 e. The minimum atomic E-state index is -3.36. The van der Waals surface area contributed by atoms with E-state index in [0.29, 0.717) is 37.8 Å². The van der Waals surface area contributed by atoms with Gasteiger partial charge < -0.3 is 4.90 Å². The molecule has 136 valence electrons. The number of aromatic nitrogens is 2. The fourth-order valence-corrected chi connectivity index (χ4v) is 4.42. The summed E-state index contributed by atoms with van der Waals surface area (Å²) in [5.41, 5.74) is 2.94. The van der Waals surface area contributed by atoms with Crippen LogP contribution < -0.4 is 4.90 Å². The molecule has 0 aliphatic carbocycles. The molecule has 0 saturated carbocycles. The second-order valence-corrected chi connectivity index (χ2v) is 8.40. The van der Waals surface area contributed by atoms with Crippen LogP contribution in [0.1, 0.15) is 22.5 Å². The first-order valence-corrected chi connectivity index (χ1v) is 10.0. The van der Waals surface area contributed by atoms with Crippen molar-refractivity contribution in [1.29, 1.82) is 5.26 Å². The molecule has 0 spiro atoms. The molecule has 1 aromatic heterocycles. The highest BCUT2D eigenvalue weighted by Crippen LogP contribution is 2.17. The van der Waals surface area contributed by atoms with Crippen molar-refractivity contribution in [2.75, 3.05) is 31.1 Å². The maximum absolute atomic E-state index is 12.7. The van der Waals surface area contributed by atoms with Crippen LogP contribution in [-0.2, 0) is 15.8 Å². The maximum atomic E-state index is 12.7. The Kier molecular flexibility index (Phi) is 5.20. The molecule has 0 N–H and O–H groups in total. The fraction of sp³-hybridized carbons (Fsp3) is 0.389. The summed E-state index contributed by atoms with van der Waals surface area (Å²) in [6.07, 6.45) is 0. The number of hydrogen-bond donors (Lipinski definition) is 0. The van der Waals surface area contributed by atoms with E-state index in [-0.39, 0.29) is 5.75 Å². The lowest BCUT2D eigenvalue weighted by molar-refractivity contribution is 0.382. The molecular weight excluding hydrogens is 350 g/mol. The van der Waals surface area contributed by atoms with Crippen molar-refractivity contribution in [1.82, 2.24) is 14.3 Å². The first-order valence-electron chi connectivity index (χ1n) is 8.41. The molecule has 3 rings (SSSR count). The van der Waals surface area contributed by atoms with E-state index in [9.17, 15) is 8.42 Å². The van der Waals surface area contributed by atoms with Gasteiger partial charge >= 0.3 is 0 Å². The van der Waals surface area contributed by atoms with Gasteiger partial charge in [-0.3, -0.25) is 0 Å². The lowest BCUT2D eigenvalue weighted by Crippen LogP contribution is -2.49.